The molecule has 1 amide bonds. The smallest absolute Gasteiger partial charge is 0.253 e. The van der Waals surface area contributed by atoms with E-state index in [-0.39, 0.29) is 23.9 Å². The zero-order chi connectivity index (χ0) is 22.8. The second-order valence-electron chi connectivity index (χ2n) is 7.95. The Morgan fingerprint density at radius 1 is 0.727 bits per heavy atom. The van der Waals surface area contributed by atoms with Gasteiger partial charge < -0.3 is 14.4 Å². The Labute approximate surface area is 193 Å². The molecule has 0 aliphatic carbocycles. The maximum atomic E-state index is 13.1. The van der Waals surface area contributed by atoms with Crippen LogP contribution in [0.3, 0.4) is 0 Å². The van der Waals surface area contributed by atoms with Crippen molar-refractivity contribution >= 4 is 15.9 Å². The number of rotatable bonds is 4. The van der Waals surface area contributed by atoms with Crippen LogP contribution >= 0.6 is 0 Å². The van der Waals surface area contributed by atoms with E-state index in [1.807, 2.05) is 54.6 Å². The van der Waals surface area contributed by atoms with Crippen LogP contribution in [0.2, 0.25) is 0 Å². The van der Waals surface area contributed by atoms with Gasteiger partial charge >= 0.3 is 0 Å². The van der Waals surface area contributed by atoms with Crippen LogP contribution in [0.1, 0.15) is 10.4 Å². The summed E-state index contributed by atoms with van der Waals surface area (Å²) < 4.78 is 38.6. The van der Waals surface area contributed by atoms with Gasteiger partial charge in [-0.2, -0.15) is 4.31 Å². The predicted octanol–water partition coefficient (Wildman–Crippen LogP) is 3.27. The van der Waals surface area contributed by atoms with Crippen molar-refractivity contribution in [3.63, 3.8) is 0 Å². The van der Waals surface area contributed by atoms with Crippen molar-refractivity contribution in [3.8, 4) is 22.6 Å². The predicted molar refractivity (Wildman–Crippen MR) is 124 cm³/mol. The van der Waals surface area contributed by atoms with Crippen LogP contribution in [-0.4, -0.2) is 62.9 Å². The van der Waals surface area contributed by atoms with Crippen LogP contribution in [0.25, 0.3) is 11.1 Å². The molecule has 2 aliphatic heterocycles. The van der Waals surface area contributed by atoms with E-state index in [1.54, 1.807) is 11.0 Å². The summed E-state index contributed by atoms with van der Waals surface area (Å²) in [6.45, 7) is 2.00. The van der Waals surface area contributed by atoms with E-state index < -0.39 is 10.0 Å². The maximum absolute atomic E-state index is 13.1. The fourth-order valence-corrected chi connectivity index (χ4v) is 5.52. The minimum Gasteiger partial charge on any atom is -0.486 e. The highest BCUT2D eigenvalue weighted by Crippen LogP contribution is 2.33. The van der Waals surface area contributed by atoms with Gasteiger partial charge in [-0.3, -0.25) is 4.79 Å². The molecule has 1 fully saturated rings. The summed E-state index contributed by atoms with van der Waals surface area (Å²) in [4.78, 5) is 14.8. The first-order chi connectivity index (χ1) is 16.0. The molecule has 170 valence electrons. The van der Waals surface area contributed by atoms with Crippen LogP contribution < -0.4 is 9.47 Å². The van der Waals surface area contributed by atoms with Gasteiger partial charge in [0.05, 0.1) is 4.90 Å². The Morgan fingerprint density at radius 3 is 2.06 bits per heavy atom. The highest BCUT2D eigenvalue weighted by Gasteiger charge is 2.31. The molecule has 0 radical (unpaired) electrons. The maximum Gasteiger partial charge on any atom is 0.253 e. The quantitative estimate of drug-likeness (QED) is 0.592. The molecular weight excluding hydrogens is 440 g/mol. The van der Waals surface area contributed by atoms with Crippen molar-refractivity contribution in [1.29, 1.82) is 0 Å². The van der Waals surface area contributed by atoms with Crippen LogP contribution in [0.5, 0.6) is 11.5 Å². The zero-order valence-corrected chi connectivity index (χ0v) is 18.8. The number of amides is 1. The summed E-state index contributed by atoms with van der Waals surface area (Å²) >= 11 is 0. The van der Waals surface area contributed by atoms with Gasteiger partial charge in [0.1, 0.15) is 13.2 Å². The second-order valence-corrected chi connectivity index (χ2v) is 9.88. The number of benzene rings is 3. The zero-order valence-electron chi connectivity index (χ0n) is 18.0. The van der Waals surface area contributed by atoms with Crippen molar-refractivity contribution < 1.29 is 22.7 Å². The molecule has 0 N–H and O–H groups in total. The first-order valence-corrected chi connectivity index (χ1v) is 12.3. The average Bonchev–Trinajstić information content (AvgIpc) is 2.88. The number of ether oxygens (including phenoxy) is 2. The molecule has 0 saturated carbocycles. The molecule has 0 spiro atoms. The van der Waals surface area contributed by atoms with E-state index >= 15 is 0 Å². The van der Waals surface area contributed by atoms with Crippen molar-refractivity contribution in [1.82, 2.24) is 9.21 Å². The van der Waals surface area contributed by atoms with E-state index in [9.17, 15) is 13.2 Å². The molecule has 7 nitrogen and oxygen atoms in total. The van der Waals surface area contributed by atoms with Gasteiger partial charge in [-0.15, -0.1) is 0 Å². The third-order valence-electron chi connectivity index (χ3n) is 5.92. The van der Waals surface area contributed by atoms with Crippen LogP contribution in [0, 0.1) is 0 Å². The number of sulfonamides is 1. The number of hydrogen-bond acceptors (Lipinski definition) is 5. The lowest BCUT2D eigenvalue weighted by Crippen LogP contribution is -2.50. The van der Waals surface area contributed by atoms with Crippen molar-refractivity contribution in [2.45, 2.75) is 4.90 Å². The van der Waals surface area contributed by atoms with Crippen molar-refractivity contribution in [3.05, 3.63) is 78.4 Å². The Balaban J connectivity index is 1.24. The van der Waals surface area contributed by atoms with Crippen molar-refractivity contribution in [2.75, 3.05) is 39.4 Å². The molecule has 2 aliphatic rings. The van der Waals surface area contributed by atoms with E-state index in [0.29, 0.717) is 43.4 Å². The number of hydrogen-bond donors (Lipinski definition) is 0. The monoisotopic (exact) mass is 464 g/mol. The van der Waals surface area contributed by atoms with E-state index in [2.05, 4.69) is 0 Å². The normalized spacial score (nSPS) is 16.4. The minimum atomic E-state index is -3.69. The van der Waals surface area contributed by atoms with Gasteiger partial charge in [-0.1, -0.05) is 42.5 Å². The number of nitrogens with zero attached hydrogens (tertiary/aromatic N) is 2. The molecule has 2 heterocycles. The molecule has 8 heteroatoms. The third-order valence-corrected chi connectivity index (χ3v) is 7.81. The first kappa shape index (κ1) is 21.5. The van der Waals surface area contributed by atoms with E-state index in [0.717, 1.165) is 11.1 Å². The second kappa shape index (κ2) is 8.88. The highest BCUT2D eigenvalue weighted by atomic mass is 32.2. The summed E-state index contributed by atoms with van der Waals surface area (Å²) in [5.41, 5.74) is 2.73. The Kier molecular flexibility index (Phi) is 5.78. The lowest BCUT2D eigenvalue weighted by Gasteiger charge is -2.34. The third kappa shape index (κ3) is 4.31. The molecule has 3 aromatic carbocycles. The Hall–Kier alpha value is -3.36. The number of carbonyl (C=O) groups excluding carboxylic acids is 1. The Bertz CT molecular complexity index is 1250. The highest BCUT2D eigenvalue weighted by molar-refractivity contribution is 7.89. The van der Waals surface area contributed by atoms with Crippen LogP contribution in [0.15, 0.2) is 77.7 Å². The molecule has 33 heavy (non-hydrogen) atoms. The first-order valence-electron chi connectivity index (χ1n) is 10.9. The SMILES string of the molecule is O=C(c1ccc(-c2ccccc2)cc1)N1CCN(S(=O)(=O)c2ccc3c(c2)OCCO3)CC1. The summed E-state index contributed by atoms with van der Waals surface area (Å²) in [6.07, 6.45) is 0. The lowest BCUT2D eigenvalue weighted by atomic mass is 10.0. The van der Waals surface area contributed by atoms with Gasteiger partial charge in [0, 0.05) is 37.8 Å². The molecule has 0 atom stereocenters. The van der Waals surface area contributed by atoms with Crippen molar-refractivity contribution in [2.24, 2.45) is 0 Å². The van der Waals surface area contributed by atoms with E-state index in [4.69, 9.17) is 9.47 Å². The van der Waals surface area contributed by atoms with Gasteiger partial charge in [0.25, 0.3) is 5.91 Å². The average molecular weight is 465 g/mol. The number of piperazine rings is 1. The summed E-state index contributed by atoms with van der Waals surface area (Å²) in [5, 5.41) is 0. The van der Waals surface area contributed by atoms with Gasteiger partial charge in [0.15, 0.2) is 11.5 Å². The fraction of sp³-hybridized carbons (Fsp3) is 0.240. The fourth-order valence-electron chi connectivity index (χ4n) is 4.08. The Morgan fingerprint density at radius 2 is 1.36 bits per heavy atom. The summed E-state index contributed by atoms with van der Waals surface area (Å²) in [5.74, 6) is 0.898. The lowest BCUT2D eigenvalue weighted by molar-refractivity contribution is 0.0698. The summed E-state index contributed by atoms with van der Waals surface area (Å²) in [6, 6.07) is 22.2. The summed E-state index contributed by atoms with van der Waals surface area (Å²) in [7, 11) is -3.69. The molecular formula is C25H24N2O5S. The minimum absolute atomic E-state index is 0.0917. The van der Waals surface area contributed by atoms with Gasteiger partial charge in [0.2, 0.25) is 10.0 Å². The molecule has 0 bridgehead atoms. The molecule has 5 rings (SSSR count). The van der Waals surface area contributed by atoms with Gasteiger partial charge in [-0.25, -0.2) is 8.42 Å². The standard InChI is InChI=1S/C25H24N2O5S/c28-25(21-8-6-20(7-9-21)19-4-2-1-3-5-19)26-12-14-27(15-13-26)33(29,30)22-10-11-23-24(18-22)32-17-16-31-23/h1-11,18H,12-17H2. The molecule has 3 aromatic rings. The molecule has 0 unspecified atom stereocenters. The van der Waals surface area contributed by atoms with Crippen LogP contribution in [-0.2, 0) is 10.0 Å². The van der Waals surface area contributed by atoms with Gasteiger partial charge in [-0.05, 0) is 35.4 Å². The number of carbonyl (C=O) groups is 1. The molecule has 0 aromatic heterocycles. The topological polar surface area (TPSA) is 76.2 Å². The van der Waals surface area contributed by atoms with Crippen LogP contribution in [0.4, 0.5) is 0 Å². The van der Waals surface area contributed by atoms with E-state index in [1.165, 1.54) is 16.4 Å². The number of fused-ring (bicyclic) bond motifs is 1. The largest absolute Gasteiger partial charge is 0.486 e. The molecule has 1 saturated heterocycles.